The lowest BCUT2D eigenvalue weighted by Gasteiger charge is -2.20. The molecule has 7 heteroatoms. The third-order valence-electron chi connectivity index (χ3n) is 3.73. The number of benzene rings is 2. The van der Waals surface area contributed by atoms with Crippen LogP contribution in [0.2, 0.25) is 10.0 Å². The Balaban J connectivity index is 1.80. The average molecular weight is 387 g/mol. The Bertz CT molecular complexity index is 881. The van der Waals surface area contributed by atoms with Crippen LogP contribution in [-0.2, 0) is 0 Å². The highest BCUT2D eigenvalue weighted by Gasteiger charge is 2.17. The van der Waals surface area contributed by atoms with Crippen molar-refractivity contribution in [3.05, 3.63) is 76.5 Å². The maximum Gasteiger partial charge on any atom is 0.261 e. The summed E-state index contributed by atoms with van der Waals surface area (Å²) in [7, 11) is 0. The molecule has 1 heterocycles. The molecule has 1 aromatic heterocycles. The number of para-hydroxylation sites is 2. The summed E-state index contributed by atoms with van der Waals surface area (Å²) in [6, 6.07) is 14.6. The molecule has 2 aromatic carbocycles. The number of aromatic nitrogens is 2. The molecule has 0 atom stereocenters. The highest BCUT2D eigenvalue weighted by Crippen LogP contribution is 2.31. The van der Waals surface area contributed by atoms with Crippen LogP contribution in [0.4, 0.5) is 17.3 Å². The summed E-state index contributed by atoms with van der Waals surface area (Å²) >= 11 is 12.3. The van der Waals surface area contributed by atoms with E-state index in [0.29, 0.717) is 33.8 Å². The summed E-state index contributed by atoms with van der Waals surface area (Å²) in [6.45, 7) is 2.46. The van der Waals surface area contributed by atoms with Crippen LogP contribution in [0.15, 0.2) is 60.9 Å². The maximum absolute atomic E-state index is 12.7. The molecule has 132 valence electrons. The molecule has 1 N–H and O–H groups in total. The van der Waals surface area contributed by atoms with E-state index in [2.05, 4.69) is 15.3 Å². The van der Waals surface area contributed by atoms with Crippen LogP contribution in [0, 0.1) is 0 Å². The predicted octanol–water partition coefficient (Wildman–Crippen LogP) is 5.19. The lowest BCUT2D eigenvalue weighted by molar-refractivity contribution is 0.0987. The monoisotopic (exact) mass is 386 g/mol. The number of nitrogens with one attached hydrogen (secondary N) is 1. The summed E-state index contributed by atoms with van der Waals surface area (Å²) in [5.41, 5.74) is 1.74. The van der Waals surface area contributed by atoms with Crippen molar-refractivity contribution >= 4 is 46.4 Å². The number of hydrogen-bond donors (Lipinski definition) is 1. The van der Waals surface area contributed by atoms with Crippen LogP contribution in [0.3, 0.4) is 0 Å². The first-order chi connectivity index (χ1) is 12.6. The van der Waals surface area contributed by atoms with Gasteiger partial charge in [0.25, 0.3) is 5.91 Å². The molecule has 0 spiro atoms. The Hall–Kier alpha value is -2.63. The third-order valence-corrected chi connectivity index (χ3v) is 4.36. The molecule has 0 bridgehead atoms. The minimum absolute atomic E-state index is 0.166. The first-order valence-electron chi connectivity index (χ1n) is 8.00. The molecule has 0 saturated carbocycles. The molecule has 0 aliphatic rings. The molecule has 0 fully saturated rings. The molecule has 0 aliphatic carbocycles. The molecule has 26 heavy (non-hydrogen) atoms. The minimum Gasteiger partial charge on any atom is -0.322 e. The van der Waals surface area contributed by atoms with Crippen molar-refractivity contribution in [3.8, 4) is 0 Å². The highest BCUT2D eigenvalue weighted by molar-refractivity contribution is 6.39. The van der Waals surface area contributed by atoms with E-state index in [4.69, 9.17) is 23.2 Å². The van der Waals surface area contributed by atoms with E-state index >= 15 is 0 Å². The van der Waals surface area contributed by atoms with Gasteiger partial charge in [0.1, 0.15) is 0 Å². The van der Waals surface area contributed by atoms with Gasteiger partial charge in [-0.05, 0) is 31.2 Å². The smallest absolute Gasteiger partial charge is 0.261 e. The molecule has 0 unspecified atom stereocenters. The van der Waals surface area contributed by atoms with E-state index in [-0.39, 0.29) is 5.91 Å². The predicted molar refractivity (Wildman–Crippen MR) is 106 cm³/mol. The molecular formula is C19H16Cl2N4O. The molecular weight excluding hydrogens is 371 g/mol. The second-order valence-electron chi connectivity index (χ2n) is 5.40. The van der Waals surface area contributed by atoms with Gasteiger partial charge in [-0.25, -0.2) is 9.97 Å². The average Bonchev–Trinajstić information content (AvgIpc) is 2.67. The fourth-order valence-corrected chi connectivity index (χ4v) is 2.93. The van der Waals surface area contributed by atoms with Crippen LogP contribution < -0.4 is 10.2 Å². The number of carbonyl (C=O) groups is 1. The van der Waals surface area contributed by atoms with E-state index in [0.717, 1.165) is 5.69 Å². The number of carbonyl (C=O) groups excluding carboxylic acids is 1. The number of nitrogens with zero attached hydrogens (tertiary/aromatic N) is 3. The normalized spacial score (nSPS) is 10.4. The highest BCUT2D eigenvalue weighted by atomic mass is 35.5. The lowest BCUT2D eigenvalue weighted by Crippen LogP contribution is -2.30. The van der Waals surface area contributed by atoms with Gasteiger partial charge >= 0.3 is 0 Å². The van der Waals surface area contributed by atoms with E-state index in [1.54, 1.807) is 23.1 Å². The standard InChI is InChI=1S/C19H16Cl2N4O/c1-2-25(14-7-4-3-5-8-14)18(26)13-11-22-19(23-12-13)24-17-15(20)9-6-10-16(17)21/h3-12H,2H2,1H3,(H,22,23,24). The Kier molecular flexibility index (Phi) is 5.71. The van der Waals surface area contributed by atoms with E-state index in [1.165, 1.54) is 12.4 Å². The van der Waals surface area contributed by atoms with Crippen molar-refractivity contribution < 1.29 is 4.79 Å². The third kappa shape index (κ3) is 3.95. The molecule has 1 amide bonds. The van der Waals surface area contributed by atoms with Crippen LogP contribution in [-0.4, -0.2) is 22.4 Å². The molecule has 0 saturated heterocycles. The largest absolute Gasteiger partial charge is 0.322 e. The quantitative estimate of drug-likeness (QED) is 0.654. The summed E-state index contributed by atoms with van der Waals surface area (Å²) in [6.07, 6.45) is 2.96. The van der Waals surface area contributed by atoms with Crippen molar-refractivity contribution in [2.45, 2.75) is 6.92 Å². The fraction of sp³-hybridized carbons (Fsp3) is 0.105. The fourth-order valence-electron chi connectivity index (χ4n) is 2.44. The zero-order valence-electron chi connectivity index (χ0n) is 14.0. The number of amides is 1. The van der Waals surface area contributed by atoms with Gasteiger partial charge in [-0.3, -0.25) is 4.79 Å². The van der Waals surface area contributed by atoms with Crippen molar-refractivity contribution in [2.24, 2.45) is 0 Å². The molecule has 0 aliphatic heterocycles. The van der Waals surface area contributed by atoms with Crippen molar-refractivity contribution in [2.75, 3.05) is 16.8 Å². The zero-order chi connectivity index (χ0) is 18.5. The van der Waals surface area contributed by atoms with Crippen LogP contribution in [0.25, 0.3) is 0 Å². The molecule has 3 aromatic rings. The van der Waals surface area contributed by atoms with Crippen LogP contribution in [0.5, 0.6) is 0 Å². The van der Waals surface area contributed by atoms with Gasteiger partial charge in [0, 0.05) is 24.6 Å². The van der Waals surface area contributed by atoms with Gasteiger partial charge in [-0.1, -0.05) is 47.5 Å². The van der Waals surface area contributed by atoms with Gasteiger partial charge in [-0.15, -0.1) is 0 Å². The van der Waals surface area contributed by atoms with E-state index in [1.807, 2.05) is 37.3 Å². The number of rotatable bonds is 5. The lowest BCUT2D eigenvalue weighted by atomic mass is 10.2. The topological polar surface area (TPSA) is 58.1 Å². The van der Waals surface area contributed by atoms with E-state index in [9.17, 15) is 4.79 Å². The van der Waals surface area contributed by atoms with Gasteiger partial charge in [-0.2, -0.15) is 0 Å². The first-order valence-corrected chi connectivity index (χ1v) is 8.75. The zero-order valence-corrected chi connectivity index (χ0v) is 15.5. The van der Waals surface area contributed by atoms with Crippen LogP contribution >= 0.6 is 23.2 Å². The molecule has 0 radical (unpaired) electrons. The Morgan fingerprint density at radius 2 is 1.62 bits per heavy atom. The summed E-state index contributed by atoms with van der Waals surface area (Å²) in [5, 5.41) is 3.89. The number of hydrogen-bond acceptors (Lipinski definition) is 4. The minimum atomic E-state index is -0.166. The first kappa shape index (κ1) is 18.2. The van der Waals surface area contributed by atoms with Gasteiger partial charge < -0.3 is 10.2 Å². The molecule has 3 rings (SSSR count). The van der Waals surface area contributed by atoms with Crippen molar-refractivity contribution in [1.82, 2.24) is 9.97 Å². The van der Waals surface area contributed by atoms with E-state index < -0.39 is 0 Å². The Morgan fingerprint density at radius 3 is 2.19 bits per heavy atom. The van der Waals surface area contributed by atoms with Crippen molar-refractivity contribution in [1.29, 1.82) is 0 Å². The van der Waals surface area contributed by atoms with Crippen molar-refractivity contribution in [3.63, 3.8) is 0 Å². The Labute approximate surface area is 161 Å². The van der Waals surface area contributed by atoms with Crippen LogP contribution in [0.1, 0.15) is 17.3 Å². The second-order valence-corrected chi connectivity index (χ2v) is 6.22. The SMILES string of the molecule is CCN(C(=O)c1cnc(Nc2c(Cl)cccc2Cl)nc1)c1ccccc1. The molecule has 5 nitrogen and oxygen atoms in total. The second kappa shape index (κ2) is 8.17. The van der Waals surface area contributed by atoms with Gasteiger partial charge in [0.15, 0.2) is 0 Å². The number of halogens is 2. The van der Waals surface area contributed by atoms with Gasteiger partial charge in [0.05, 0.1) is 21.3 Å². The summed E-state index contributed by atoms with van der Waals surface area (Å²) < 4.78 is 0. The maximum atomic E-state index is 12.7. The summed E-state index contributed by atoms with van der Waals surface area (Å²) in [4.78, 5) is 22.8. The van der Waals surface area contributed by atoms with Gasteiger partial charge in [0.2, 0.25) is 5.95 Å². The Morgan fingerprint density at radius 1 is 1.00 bits per heavy atom. The number of anilines is 3. The summed E-state index contributed by atoms with van der Waals surface area (Å²) in [5.74, 6) is 0.139.